The molecular weight excluding hydrogens is 360 g/mol. The van der Waals surface area contributed by atoms with Gasteiger partial charge in [0.15, 0.2) is 0 Å². The van der Waals surface area contributed by atoms with Crippen molar-refractivity contribution in [1.82, 2.24) is 0 Å². The zero-order valence-electron chi connectivity index (χ0n) is 16.5. The fraction of sp³-hybridized carbons (Fsp3) is 0.192. The number of phenols is 1. The second kappa shape index (κ2) is 10.3. The van der Waals surface area contributed by atoms with E-state index in [1.165, 1.54) is 0 Å². The lowest BCUT2D eigenvalue weighted by Gasteiger charge is -2.14. The van der Waals surface area contributed by atoms with Crippen LogP contribution in [0.2, 0.25) is 0 Å². The van der Waals surface area contributed by atoms with Crippen LogP contribution in [-0.4, -0.2) is 17.7 Å². The number of ether oxygens (including phenoxy) is 1. The second-order valence-corrected chi connectivity index (χ2v) is 7.06. The topological polar surface area (TPSA) is 46.5 Å². The highest BCUT2D eigenvalue weighted by Crippen LogP contribution is 2.29. The summed E-state index contributed by atoms with van der Waals surface area (Å²) in [6.07, 6.45) is 3.72. The van der Waals surface area contributed by atoms with Crippen LogP contribution >= 0.6 is 0 Å². The minimum absolute atomic E-state index is 0.229. The summed E-state index contributed by atoms with van der Waals surface area (Å²) in [5.41, 5.74) is 5.04. The number of aryl methyl sites for hydroxylation is 1. The molecule has 0 saturated carbocycles. The minimum atomic E-state index is -0.243. The van der Waals surface area contributed by atoms with Crippen LogP contribution in [0.3, 0.4) is 0 Å². The average molecular weight is 386 g/mol. The number of esters is 1. The number of phenolic OH excluding ortho intramolecular Hbond substituents is 1. The first-order valence-electron chi connectivity index (χ1n) is 9.83. The van der Waals surface area contributed by atoms with Crippen molar-refractivity contribution in [3.8, 4) is 5.75 Å². The van der Waals surface area contributed by atoms with Crippen LogP contribution in [0.25, 0.3) is 0 Å². The van der Waals surface area contributed by atoms with E-state index in [0.29, 0.717) is 31.4 Å². The molecule has 0 aliphatic carbocycles. The molecule has 0 saturated heterocycles. The maximum Gasteiger partial charge on any atom is 0.306 e. The predicted molar refractivity (Wildman–Crippen MR) is 116 cm³/mol. The molecule has 148 valence electrons. The number of rotatable bonds is 9. The maximum absolute atomic E-state index is 11.9. The standard InChI is InChI=1S/C26H26O3/c1-2-15-29-25(27)14-13-22-18-23(16-20-9-5-3-6-10-20)26(28)24(19-22)17-21-11-7-4-8-12-21/h2-12,18-19,28H,1,13-17H2. The van der Waals surface area contributed by atoms with Gasteiger partial charge < -0.3 is 9.84 Å². The Balaban J connectivity index is 1.86. The van der Waals surface area contributed by atoms with Gasteiger partial charge in [0.05, 0.1) is 0 Å². The van der Waals surface area contributed by atoms with Gasteiger partial charge in [0.25, 0.3) is 0 Å². The van der Waals surface area contributed by atoms with E-state index in [4.69, 9.17) is 4.74 Å². The zero-order chi connectivity index (χ0) is 20.5. The normalized spacial score (nSPS) is 10.5. The average Bonchev–Trinajstić information content (AvgIpc) is 2.75. The van der Waals surface area contributed by atoms with Crippen molar-refractivity contribution in [2.45, 2.75) is 25.7 Å². The highest BCUT2D eigenvalue weighted by atomic mass is 16.5. The van der Waals surface area contributed by atoms with E-state index in [0.717, 1.165) is 27.8 Å². The number of hydrogen-bond donors (Lipinski definition) is 1. The lowest BCUT2D eigenvalue weighted by molar-refractivity contribution is -0.142. The summed E-state index contributed by atoms with van der Waals surface area (Å²) in [6, 6.07) is 24.2. The van der Waals surface area contributed by atoms with Crippen LogP contribution in [0.4, 0.5) is 0 Å². The van der Waals surface area contributed by atoms with Gasteiger partial charge in [-0.15, -0.1) is 0 Å². The van der Waals surface area contributed by atoms with E-state index in [1.54, 1.807) is 6.08 Å². The van der Waals surface area contributed by atoms with E-state index in [9.17, 15) is 9.90 Å². The van der Waals surface area contributed by atoms with Crippen LogP contribution in [0.1, 0.15) is 34.2 Å². The Bertz CT molecular complexity index is 884. The van der Waals surface area contributed by atoms with Crippen molar-refractivity contribution in [2.24, 2.45) is 0 Å². The summed E-state index contributed by atoms with van der Waals surface area (Å²) in [6.45, 7) is 3.79. The van der Waals surface area contributed by atoms with Gasteiger partial charge in [-0.05, 0) is 34.2 Å². The fourth-order valence-electron chi connectivity index (χ4n) is 3.35. The molecule has 0 fully saturated rings. The number of carbonyl (C=O) groups is 1. The molecule has 3 aromatic carbocycles. The van der Waals surface area contributed by atoms with Gasteiger partial charge in [0.2, 0.25) is 0 Å². The molecular formula is C26H26O3. The molecule has 0 heterocycles. The Hall–Kier alpha value is -3.33. The van der Waals surface area contributed by atoms with Crippen molar-refractivity contribution >= 4 is 5.97 Å². The predicted octanol–water partition coefficient (Wildman–Crippen LogP) is 5.24. The third-order valence-corrected chi connectivity index (χ3v) is 4.78. The number of aromatic hydroxyl groups is 1. The first kappa shape index (κ1) is 20.4. The summed E-state index contributed by atoms with van der Waals surface area (Å²) in [7, 11) is 0. The van der Waals surface area contributed by atoms with Gasteiger partial charge in [-0.25, -0.2) is 0 Å². The molecule has 3 nitrogen and oxygen atoms in total. The molecule has 0 bridgehead atoms. The van der Waals surface area contributed by atoms with Crippen molar-refractivity contribution in [3.05, 3.63) is 113 Å². The Morgan fingerprint density at radius 2 is 1.38 bits per heavy atom. The van der Waals surface area contributed by atoms with Crippen LogP contribution in [0.5, 0.6) is 5.75 Å². The number of hydrogen-bond acceptors (Lipinski definition) is 3. The smallest absolute Gasteiger partial charge is 0.306 e. The fourth-order valence-corrected chi connectivity index (χ4v) is 3.35. The molecule has 3 aromatic rings. The zero-order valence-corrected chi connectivity index (χ0v) is 16.5. The molecule has 0 aromatic heterocycles. The lowest BCUT2D eigenvalue weighted by Crippen LogP contribution is -2.06. The highest BCUT2D eigenvalue weighted by Gasteiger charge is 2.13. The molecule has 29 heavy (non-hydrogen) atoms. The first-order valence-corrected chi connectivity index (χ1v) is 9.83. The van der Waals surface area contributed by atoms with Crippen molar-refractivity contribution < 1.29 is 14.6 Å². The third-order valence-electron chi connectivity index (χ3n) is 4.78. The summed E-state index contributed by atoms with van der Waals surface area (Å²) in [4.78, 5) is 11.9. The maximum atomic E-state index is 11.9. The van der Waals surface area contributed by atoms with E-state index in [2.05, 4.69) is 30.8 Å². The van der Waals surface area contributed by atoms with Gasteiger partial charge >= 0.3 is 5.97 Å². The van der Waals surface area contributed by atoms with Crippen molar-refractivity contribution in [2.75, 3.05) is 6.61 Å². The van der Waals surface area contributed by atoms with Crippen LogP contribution in [0, 0.1) is 0 Å². The number of benzene rings is 3. The third kappa shape index (κ3) is 6.08. The molecule has 0 aliphatic heterocycles. The van der Waals surface area contributed by atoms with Crippen LogP contribution < -0.4 is 0 Å². The molecule has 0 amide bonds. The molecule has 1 N–H and O–H groups in total. The van der Waals surface area contributed by atoms with E-state index < -0.39 is 0 Å². The Kier molecular flexibility index (Phi) is 7.23. The van der Waals surface area contributed by atoms with Gasteiger partial charge in [0, 0.05) is 19.3 Å². The van der Waals surface area contributed by atoms with E-state index in [-0.39, 0.29) is 12.6 Å². The molecule has 0 spiro atoms. The summed E-state index contributed by atoms with van der Waals surface area (Å²) in [5.74, 6) is 0.0860. The molecule has 3 rings (SSSR count). The van der Waals surface area contributed by atoms with Gasteiger partial charge in [0.1, 0.15) is 12.4 Å². The van der Waals surface area contributed by atoms with Crippen molar-refractivity contribution in [1.29, 1.82) is 0 Å². The van der Waals surface area contributed by atoms with Crippen LogP contribution in [-0.2, 0) is 28.8 Å². The Labute approximate surface area is 172 Å². The number of carbonyl (C=O) groups excluding carboxylic acids is 1. The molecule has 3 heteroatoms. The molecule has 0 atom stereocenters. The van der Waals surface area contributed by atoms with Gasteiger partial charge in [-0.2, -0.15) is 0 Å². The van der Waals surface area contributed by atoms with E-state index in [1.807, 2.05) is 48.5 Å². The van der Waals surface area contributed by atoms with Crippen LogP contribution in [0.15, 0.2) is 85.5 Å². The largest absolute Gasteiger partial charge is 0.507 e. The summed E-state index contributed by atoms with van der Waals surface area (Å²) in [5, 5.41) is 10.9. The molecule has 0 aliphatic rings. The highest BCUT2D eigenvalue weighted by molar-refractivity contribution is 5.69. The Morgan fingerprint density at radius 3 is 1.86 bits per heavy atom. The summed E-state index contributed by atoms with van der Waals surface area (Å²) >= 11 is 0. The van der Waals surface area contributed by atoms with Gasteiger partial charge in [-0.3, -0.25) is 4.79 Å². The minimum Gasteiger partial charge on any atom is -0.507 e. The second-order valence-electron chi connectivity index (χ2n) is 7.06. The first-order chi connectivity index (χ1) is 14.2. The quantitative estimate of drug-likeness (QED) is 0.404. The van der Waals surface area contributed by atoms with Gasteiger partial charge in [-0.1, -0.05) is 85.5 Å². The lowest BCUT2D eigenvalue weighted by atomic mass is 9.93. The van der Waals surface area contributed by atoms with Crippen molar-refractivity contribution in [3.63, 3.8) is 0 Å². The summed E-state index contributed by atoms with van der Waals surface area (Å²) < 4.78 is 5.08. The van der Waals surface area contributed by atoms with E-state index >= 15 is 0 Å². The molecule has 0 radical (unpaired) electrons. The SMILES string of the molecule is C=CCOC(=O)CCc1cc(Cc2ccccc2)c(O)c(Cc2ccccc2)c1. The molecule has 0 unspecified atom stereocenters. The Morgan fingerprint density at radius 1 is 0.862 bits per heavy atom. The monoisotopic (exact) mass is 386 g/mol.